The van der Waals surface area contributed by atoms with E-state index in [-0.39, 0.29) is 6.61 Å². The minimum atomic E-state index is -0.0403. The number of benzene rings is 1. The number of rotatable bonds is 3. The smallest absolute Gasteiger partial charge is 0.110 e. The van der Waals surface area contributed by atoms with E-state index in [1.807, 2.05) is 6.07 Å². The zero-order chi connectivity index (χ0) is 11.5. The molecule has 0 radical (unpaired) electrons. The quantitative estimate of drug-likeness (QED) is 0.888. The number of imidazole rings is 1. The second kappa shape index (κ2) is 4.87. The highest BCUT2D eigenvalue weighted by molar-refractivity contribution is 6.35. The molecule has 1 aromatic heterocycles. The van der Waals surface area contributed by atoms with Gasteiger partial charge in [0, 0.05) is 16.5 Å². The Morgan fingerprint density at radius 2 is 2.12 bits per heavy atom. The van der Waals surface area contributed by atoms with E-state index in [2.05, 4.69) is 9.97 Å². The largest absolute Gasteiger partial charge is 0.390 e. The highest BCUT2D eigenvalue weighted by Crippen LogP contribution is 2.22. The third kappa shape index (κ3) is 2.55. The number of hydrogen-bond acceptors (Lipinski definition) is 2. The summed E-state index contributed by atoms with van der Waals surface area (Å²) in [5.74, 6) is 0.772. The number of hydrogen-bond donors (Lipinski definition) is 2. The highest BCUT2D eigenvalue weighted by atomic mass is 35.5. The van der Waals surface area contributed by atoms with Crippen molar-refractivity contribution in [1.29, 1.82) is 0 Å². The Bertz CT molecular complexity index is 496. The van der Waals surface area contributed by atoms with E-state index in [4.69, 9.17) is 28.3 Å². The van der Waals surface area contributed by atoms with Gasteiger partial charge in [-0.3, -0.25) is 0 Å². The Hall–Kier alpha value is -1.03. The first-order chi connectivity index (χ1) is 7.69. The van der Waals surface area contributed by atoms with Crippen LogP contribution in [0, 0.1) is 0 Å². The molecule has 2 rings (SSSR count). The third-order valence-corrected chi connectivity index (χ3v) is 2.81. The Kier molecular flexibility index (Phi) is 3.49. The first kappa shape index (κ1) is 11.5. The summed E-state index contributed by atoms with van der Waals surface area (Å²) in [5, 5.41) is 10.1. The van der Waals surface area contributed by atoms with Crippen molar-refractivity contribution in [3.63, 3.8) is 0 Å². The standard InChI is InChI=1S/C11H10Cl2N2O/c12-8-2-1-7(10(13)4-8)3-11-14-5-9(6-16)15-11/h1-2,4-5,16H,3,6H2,(H,14,15). The summed E-state index contributed by atoms with van der Waals surface area (Å²) in [5.41, 5.74) is 1.64. The summed E-state index contributed by atoms with van der Waals surface area (Å²) in [6.07, 6.45) is 2.20. The van der Waals surface area contributed by atoms with Crippen LogP contribution in [-0.4, -0.2) is 15.1 Å². The van der Waals surface area contributed by atoms with Crippen molar-refractivity contribution >= 4 is 23.2 Å². The fraction of sp³-hybridized carbons (Fsp3) is 0.182. The molecule has 0 aliphatic carbocycles. The number of nitrogens with zero attached hydrogens (tertiary/aromatic N) is 1. The minimum Gasteiger partial charge on any atom is -0.390 e. The number of aromatic nitrogens is 2. The summed E-state index contributed by atoms with van der Waals surface area (Å²) < 4.78 is 0. The number of aliphatic hydroxyl groups excluding tert-OH is 1. The lowest BCUT2D eigenvalue weighted by molar-refractivity contribution is 0.277. The highest BCUT2D eigenvalue weighted by Gasteiger charge is 2.05. The van der Waals surface area contributed by atoms with Crippen molar-refractivity contribution in [2.45, 2.75) is 13.0 Å². The summed E-state index contributed by atoms with van der Waals surface area (Å²) >= 11 is 11.9. The Morgan fingerprint density at radius 1 is 1.31 bits per heavy atom. The van der Waals surface area contributed by atoms with Gasteiger partial charge < -0.3 is 10.1 Å². The molecule has 1 heterocycles. The van der Waals surface area contributed by atoms with Gasteiger partial charge in [0.2, 0.25) is 0 Å². The van der Waals surface area contributed by atoms with Gasteiger partial charge in [0.1, 0.15) is 5.82 Å². The molecule has 0 unspecified atom stereocenters. The molecule has 0 aliphatic heterocycles. The predicted molar refractivity (Wildman–Crippen MR) is 63.8 cm³/mol. The Labute approximate surface area is 103 Å². The van der Waals surface area contributed by atoms with E-state index in [9.17, 15) is 0 Å². The van der Waals surface area contributed by atoms with Gasteiger partial charge in [0.15, 0.2) is 0 Å². The summed E-state index contributed by atoms with van der Waals surface area (Å²) in [6.45, 7) is -0.0403. The summed E-state index contributed by atoms with van der Waals surface area (Å²) in [7, 11) is 0. The SMILES string of the molecule is OCc1cnc(Cc2ccc(Cl)cc2Cl)[nH]1. The van der Waals surface area contributed by atoms with Crippen LogP contribution in [0.3, 0.4) is 0 Å². The van der Waals surface area contributed by atoms with Gasteiger partial charge in [-0.05, 0) is 17.7 Å². The molecule has 0 amide bonds. The first-order valence-electron chi connectivity index (χ1n) is 4.76. The normalized spacial score (nSPS) is 10.7. The first-order valence-corrected chi connectivity index (χ1v) is 5.52. The molecule has 0 saturated heterocycles. The molecule has 3 nitrogen and oxygen atoms in total. The average molecular weight is 257 g/mol. The van der Waals surface area contributed by atoms with E-state index in [1.54, 1.807) is 18.3 Å². The van der Waals surface area contributed by atoms with Gasteiger partial charge in [-0.25, -0.2) is 4.98 Å². The molecule has 5 heteroatoms. The summed E-state index contributed by atoms with van der Waals surface area (Å²) in [6, 6.07) is 5.36. The topological polar surface area (TPSA) is 48.9 Å². The van der Waals surface area contributed by atoms with Gasteiger partial charge in [0.25, 0.3) is 0 Å². The van der Waals surface area contributed by atoms with Crippen LogP contribution in [0.4, 0.5) is 0 Å². The third-order valence-electron chi connectivity index (χ3n) is 2.22. The van der Waals surface area contributed by atoms with Crippen molar-refractivity contribution in [3.05, 3.63) is 51.5 Å². The fourth-order valence-corrected chi connectivity index (χ4v) is 1.90. The molecular weight excluding hydrogens is 247 g/mol. The molecule has 0 bridgehead atoms. The van der Waals surface area contributed by atoms with E-state index >= 15 is 0 Å². The summed E-state index contributed by atoms with van der Waals surface area (Å²) in [4.78, 5) is 7.14. The molecule has 1 aromatic carbocycles. The molecule has 0 spiro atoms. The van der Waals surface area contributed by atoms with Crippen molar-refractivity contribution < 1.29 is 5.11 Å². The van der Waals surface area contributed by atoms with E-state index in [1.165, 1.54) is 0 Å². The van der Waals surface area contributed by atoms with Crippen molar-refractivity contribution in [2.24, 2.45) is 0 Å². The van der Waals surface area contributed by atoms with Gasteiger partial charge in [-0.1, -0.05) is 29.3 Å². The van der Waals surface area contributed by atoms with Gasteiger partial charge in [0.05, 0.1) is 18.5 Å². The van der Waals surface area contributed by atoms with E-state index < -0.39 is 0 Å². The Balaban J connectivity index is 2.20. The van der Waals surface area contributed by atoms with Crippen LogP contribution in [0.2, 0.25) is 10.0 Å². The second-order valence-corrected chi connectivity index (χ2v) is 4.27. The maximum atomic E-state index is 8.89. The van der Waals surface area contributed by atoms with Gasteiger partial charge in [-0.15, -0.1) is 0 Å². The van der Waals surface area contributed by atoms with E-state index in [0.717, 1.165) is 11.4 Å². The number of halogens is 2. The molecule has 0 atom stereocenters. The van der Waals surface area contributed by atoms with Crippen LogP contribution in [0.25, 0.3) is 0 Å². The maximum Gasteiger partial charge on any atom is 0.110 e. The molecule has 2 N–H and O–H groups in total. The molecule has 0 saturated carbocycles. The zero-order valence-electron chi connectivity index (χ0n) is 8.37. The van der Waals surface area contributed by atoms with Crippen LogP contribution >= 0.6 is 23.2 Å². The maximum absolute atomic E-state index is 8.89. The van der Waals surface area contributed by atoms with E-state index in [0.29, 0.717) is 22.2 Å². The Morgan fingerprint density at radius 3 is 2.75 bits per heavy atom. The van der Waals surface area contributed by atoms with Gasteiger partial charge in [-0.2, -0.15) is 0 Å². The molecule has 0 fully saturated rings. The number of aliphatic hydroxyl groups is 1. The molecule has 0 aliphatic rings. The van der Waals surface area contributed by atoms with Crippen molar-refractivity contribution in [1.82, 2.24) is 9.97 Å². The van der Waals surface area contributed by atoms with Crippen LogP contribution in [0.1, 0.15) is 17.1 Å². The van der Waals surface area contributed by atoms with Crippen molar-refractivity contribution in [3.8, 4) is 0 Å². The number of aromatic amines is 1. The van der Waals surface area contributed by atoms with Gasteiger partial charge >= 0.3 is 0 Å². The molecule has 84 valence electrons. The average Bonchev–Trinajstić information content (AvgIpc) is 2.70. The lowest BCUT2D eigenvalue weighted by Crippen LogP contribution is -1.92. The van der Waals surface area contributed by atoms with Crippen molar-refractivity contribution in [2.75, 3.05) is 0 Å². The molecular formula is C11H10Cl2N2O. The molecule has 16 heavy (non-hydrogen) atoms. The number of H-pyrrole nitrogens is 1. The fourth-order valence-electron chi connectivity index (χ4n) is 1.42. The lowest BCUT2D eigenvalue weighted by Gasteiger charge is -2.02. The monoisotopic (exact) mass is 256 g/mol. The predicted octanol–water partition coefficient (Wildman–Crippen LogP) is 2.80. The minimum absolute atomic E-state index is 0.0403. The van der Waals surface area contributed by atoms with Crippen LogP contribution in [-0.2, 0) is 13.0 Å². The second-order valence-electron chi connectivity index (χ2n) is 3.43. The zero-order valence-corrected chi connectivity index (χ0v) is 9.89. The van der Waals surface area contributed by atoms with Crippen LogP contribution in [0.15, 0.2) is 24.4 Å². The van der Waals surface area contributed by atoms with Crippen LogP contribution in [0.5, 0.6) is 0 Å². The lowest BCUT2D eigenvalue weighted by atomic mass is 10.1. The molecule has 2 aromatic rings. The van der Waals surface area contributed by atoms with Crippen LogP contribution < -0.4 is 0 Å². The number of nitrogens with one attached hydrogen (secondary N) is 1.